The van der Waals surface area contributed by atoms with Gasteiger partial charge < -0.3 is 10.3 Å². The van der Waals surface area contributed by atoms with Gasteiger partial charge in [-0.3, -0.25) is 0 Å². The minimum absolute atomic E-state index is 0.172. The van der Waals surface area contributed by atoms with Crippen LogP contribution in [0.1, 0.15) is 44.1 Å². The Hall–Kier alpha value is -0.830. The number of hydrogen-bond donors (Lipinski definition) is 1. The Morgan fingerprint density at radius 1 is 1.56 bits per heavy atom. The maximum Gasteiger partial charge on any atom is 0.108 e. The van der Waals surface area contributed by atoms with Gasteiger partial charge in [-0.05, 0) is 38.0 Å². The van der Waals surface area contributed by atoms with Crippen molar-refractivity contribution in [1.82, 2.24) is 9.55 Å². The van der Waals surface area contributed by atoms with Crippen molar-refractivity contribution in [3.05, 3.63) is 17.7 Å². The highest BCUT2D eigenvalue weighted by Gasteiger charge is 2.37. The molecule has 3 heteroatoms. The van der Waals surface area contributed by atoms with E-state index in [1.165, 1.54) is 30.8 Å². The minimum Gasteiger partial charge on any atom is -0.332 e. The summed E-state index contributed by atoms with van der Waals surface area (Å²) in [6.07, 6.45) is 9.17. The third-order valence-electron chi connectivity index (χ3n) is 4.15. The molecular weight excluding hydrogens is 198 g/mol. The predicted octanol–water partition coefficient (Wildman–Crippen LogP) is 1.89. The molecule has 2 heterocycles. The van der Waals surface area contributed by atoms with Crippen molar-refractivity contribution in [3.8, 4) is 0 Å². The van der Waals surface area contributed by atoms with Crippen molar-refractivity contribution >= 4 is 0 Å². The fraction of sp³-hybridized carbons (Fsp3) is 0.769. The Morgan fingerprint density at radius 2 is 2.38 bits per heavy atom. The summed E-state index contributed by atoms with van der Waals surface area (Å²) in [6, 6.07) is 0. The van der Waals surface area contributed by atoms with Crippen molar-refractivity contribution < 1.29 is 0 Å². The van der Waals surface area contributed by atoms with Gasteiger partial charge in [0.2, 0.25) is 0 Å². The highest BCUT2D eigenvalue weighted by molar-refractivity contribution is 5.11. The van der Waals surface area contributed by atoms with Crippen LogP contribution in [0.15, 0.2) is 6.20 Å². The summed E-state index contributed by atoms with van der Waals surface area (Å²) in [5.74, 6) is 2.09. The number of hydrogen-bond acceptors (Lipinski definition) is 2. The van der Waals surface area contributed by atoms with E-state index < -0.39 is 0 Å². The normalized spacial score (nSPS) is 26.5. The van der Waals surface area contributed by atoms with Gasteiger partial charge in [-0.15, -0.1) is 0 Å². The van der Waals surface area contributed by atoms with Crippen molar-refractivity contribution in [2.45, 2.75) is 57.5 Å². The number of nitrogens with zero attached hydrogens (tertiary/aromatic N) is 2. The molecule has 0 bridgehead atoms. The summed E-state index contributed by atoms with van der Waals surface area (Å²) >= 11 is 0. The van der Waals surface area contributed by atoms with Crippen LogP contribution in [0.3, 0.4) is 0 Å². The number of rotatable bonds is 3. The fourth-order valence-corrected chi connectivity index (χ4v) is 2.64. The van der Waals surface area contributed by atoms with Crippen LogP contribution in [-0.4, -0.2) is 15.1 Å². The number of imidazole rings is 1. The molecule has 1 aliphatic heterocycles. The molecule has 0 spiro atoms. The van der Waals surface area contributed by atoms with E-state index in [4.69, 9.17) is 5.73 Å². The molecule has 1 fully saturated rings. The molecule has 1 unspecified atom stereocenters. The van der Waals surface area contributed by atoms with Crippen LogP contribution in [0, 0.1) is 5.92 Å². The second kappa shape index (κ2) is 3.59. The molecule has 1 atom stereocenters. The molecule has 0 amide bonds. The summed E-state index contributed by atoms with van der Waals surface area (Å²) in [5, 5.41) is 0. The van der Waals surface area contributed by atoms with Crippen LogP contribution in [0.25, 0.3) is 0 Å². The maximum atomic E-state index is 6.14. The standard InChI is InChI=1S/C13H21N3/c1-10-2-3-12-15-8-11(16(12)9-10)4-5-13(14)6-7-13/h8,10H,2-7,9,14H2,1H3. The maximum absolute atomic E-state index is 6.14. The summed E-state index contributed by atoms with van der Waals surface area (Å²) in [5.41, 5.74) is 7.71. The Morgan fingerprint density at radius 3 is 3.12 bits per heavy atom. The largest absolute Gasteiger partial charge is 0.332 e. The van der Waals surface area contributed by atoms with E-state index in [-0.39, 0.29) is 5.54 Å². The Bertz CT molecular complexity index is 390. The first kappa shape index (κ1) is 10.3. The summed E-state index contributed by atoms with van der Waals surface area (Å²) in [4.78, 5) is 4.53. The van der Waals surface area contributed by atoms with Gasteiger partial charge in [0.1, 0.15) is 5.82 Å². The second-order valence-electron chi connectivity index (χ2n) is 5.78. The first-order chi connectivity index (χ1) is 7.66. The lowest BCUT2D eigenvalue weighted by Crippen LogP contribution is -2.24. The van der Waals surface area contributed by atoms with Gasteiger partial charge >= 0.3 is 0 Å². The van der Waals surface area contributed by atoms with Gasteiger partial charge in [0, 0.05) is 30.4 Å². The van der Waals surface area contributed by atoms with E-state index in [2.05, 4.69) is 22.7 Å². The topological polar surface area (TPSA) is 43.8 Å². The molecule has 0 radical (unpaired) electrons. The number of aryl methyl sites for hydroxylation is 2. The van der Waals surface area contributed by atoms with Crippen LogP contribution in [0.2, 0.25) is 0 Å². The van der Waals surface area contributed by atoms with Gasteiger partial charge in [-0.2, -0.15) is 0 Å². The Kier molecular flexibility index (Phi) is 2.32. The molecule has 0 aromatic carbocycles. The minimum atomic E-state index is 0.172. The first-order valence-electron chi connectivity index (χ1n) is 6.48. The van der Waals surface area contributed by atoms with E-state index in [0.717, 1.165) is 31.7 Å². The molecular formula is C13H21N3. The molecule has 2 N–H and O–H groups in total. The van der Waals surface area contributed by atoms with E-state index >= 15 is 0 Å². The third-order valence-corrected chi connectivity index (χ3v) is 4.15. The second-order valence-corrected chi connectivity index (χ2v) is 5.78. The molecule has 2 aliphatic rings. The quantitative estimate of drug-likeness (QED) is 0.843. The van der Waals surface area contributed by atoms with Crippen molar-refractivity contribution in [1.29, 1.82) is 0 Å². The SMILES string of the molecule is CC1CCc2ncc(CCC3(N)CC3)n2C1. The van der Waals surface area contributed by atoms with Crippen LogP contribution in [-0.2, 0) is 19.4 Å². The summed E-state index contributed by atoms with van der Waals surface area (Å²) in [7, 11) is 0. The predicted molar refractivity (Wildman–Crippen MR) is 64.2 cm³/mol. The van der Waals surface area contributed by atoms with Crippen LogP contribution >= 0.6 is 0 Å². The summed E-state index contributed by atoms with van der Waals surface area (Å²) < 4.78 is 2.43. The lowest BCUT2D eigenvalue weighted by Gasteiger charge is -2.22. The molecule has 1 aromatic heterocycles. The van der Waals surface area contributed by atoms with Crippen LogP contribution in [0.4, 0.5) is 0 Å². The third kappa shape index (κ3) is 1.88. The van der Waals surface area contributed by atoms with Gasteiger partial charge in [-0.25, -0.2) is 4.98 Å². The molecule has 3 nitrogen and oxygen atoms in total. The monoisotopic (exact) mass is 219 g/mol. The van der Waals surface area contributed by atoms with Crippen molar-refractivity contribution in [3.63, 3.8) is 0 Å². The average Bonchev–Trinajstić information content (AvgIpc) is 2.87. The Balaban J connectivity index is 1.72. The van der Waals surface area contributed by atoms with E-state index in [0.29, 0.717) is 0 Å². The fourth-order valence-electron chi connectivity index (χ4n) is 2.64. The molecule has 16 heavy (non-hydrogen) atoms. The molecule has 1 aliphatic carbocycles. The van der Waals surface area contributed by atoms with Crippen LogP contribution < -0.4 is 5.73 Å². The van der Waals surface area contributed by atoms with E-state index in [9.17, 15) is 0 Å². The van der Waals surface area contributed by atoms with E-state index in [1.54, 1.807) is 0 Å². The highest BCUT2D eigenvalue weighted by Crippen LogP contribution is 2.36. The molecule has 0 saturated heterocycles. The van der Waals surface area contributed by atoms with Crippen molar-refractivity contribution in [2.75, 3.05) is 0 Å². The zero-order valence-electron chi connectivity index (χ0n) is 10.1. The zero-order valence-corrected chi connectivity index (χ0v) is 10.1. The van der Waals surface area contributed by atoms with E-state index in [1.807, 2.05) is 0 Å². The van der Waals surface area contributed by atoms with Crippen LogP contribution in [0.5, 0.6) is 0 Å². The molecule has 88 valence electrons. The molecule has 1 saturated carbocycles. The Labute approximate surface area is 97.0 Å². The first-order valence-corrected chi connectivity index (χ1v) is 6.48. The molecule has 3 rings (SSSR count). The number of aromatic nitrogens is 2. The lowest BCUT2D eigenvalue weighted by molar-refractivity contribution is 0.384. The highest BCUT2D eigenvalue weighted by atomic mass is 15.1. The van der Waals surface area contributed by atoms with Gasteiger partial charge in [0.05, 0.1) is 0 Å². The van der Waals surface area contributed by atoms with Gasteiger partial charge in [-0.1, -0.05) is 6.92 Å². The van der Waals surface area contributed by atoms with Gasteiger partial charge in [0.15, 0.2) is 0 Å². The summed E-state index contributed by atoms with van der Waals surface area (Å²) in [6.45, 7) is 3.49. The average molecular weight is 219 g/mol. The zero-order chi connectivity index (χ0) is 11.2. The number of fused-ring (bicyclic) bond motifs is 1. The smallest absolute Gasteiger partial charge is 0.108 e. The number of nitrogens with two attached hydrogens (primary N) is 1. The lowest BCUT2D eigenvalue weighted by atomic mass is 10.0. The van der Waals surface area contributed by atoms with Crippen molar-refractivity contribution in [2.24, 2.45) is 11.7 Å². The van der Waals surface area contributed by atoms with Gasteiger partial charge in [0.25, 0.3) is 0 Å². The molecule has 1 aromatic rings.